The molecular weight excluding hydrogens is 902 g/mol. The summed E-state index contributed by atoms with van der Waals surface area (Å²) in [6.07, 6.45) is -19.1. The van der Waals surface area contributed by atoms with Gasteiger partial charge >= 0.3 is 47.9 Å². The number of esters is 7. The second-order valence-corrected chi connectivity index (χ2v) is 16.2. The second-order valence-electron chi connectivity index (χ2n) is 16.2. The minimum absolute atomic E-state index is 0.0336. The van der Waals surface area contributed by atoms with Gasteiger partial charge in [-0.15, -0.1) is 0 Å². The van der Waals surface area contributed by atoms with Gasteiger partial charge in [0.2, 0.25) is 24.0 Å². The van der Waals surface area contributed by atoms with Crippen LogP contribution in [0.25, 0.3) is 0 Å². The first-order valence-corrected chi connectivity index (χ1v) is 20.8. The van der Waals surface area contributed by atoms with Crippen molar-refractivity contribution in [2.24, 2.45) is 11.7 Å². The van der Waals surface area contributed by atoms with Gasteiger partial charge in [0.05, 0.1) is 17.7 Å². The molecule has 368 valence electrons. The second kappa shape index (κ2) is 19.9. The molecule has 26 heteroatoms. The summed E-state index contributed by atoms with van der Waals surface area (Å²) >= 11 is 0. The maximum Gasteiger partial charge on any atom is 0.404 e. The molecule has 0 radical (unpaired) electrons. The Kier molecular flexibility index (Phi) is 14.9. The fourth-order valence-electron chi connectivity index (χ4n) is 9.09. The van der Waals surface area contributed by atoms with Gasteiger partial charge in [-0.25, -0.2) is 4.79 Å². The standard InChI is InChI=1S/C41H51N3O23/c1-14-28(52)27-26(22(11-58-40(42)54)41(55-9)37-23(43-37)10-44(27)41)29(53)30(14)66-38-36(63-21(8)51)34(61-19(6)49)32(25(65-38)13-57-16(3)46)67-39-35(62-20(7)50)33(60-18(5)48)31(59-17(4)47)24(64-39)12-56-15(2)45/h22-25,31-39,43H,10-13H2,1-9H3,(H2,42,54)/t22-,23+,24-,25-,31-,32-,33+,34+,35-,36-,37+,38+,39+,41-/m1/s1. The number of nitrogens with zero attached hydrogens (tertiary/aromatic N) is 1. The van der Waals surface area contributed by atoms with Crippen LogP contribution in [0, 0.1) is 5.92 Å². The van der Waals surface area contributed by atoms with Gasteiger partial charge < -0.3 is 77.5 Å². The van der Waals surface area contributed by atoms with Crippen molar-refractivity contribution in [1.82, 2.24) is 10.2 Å². The van der Waals surface area contributed by atoms with Crippen molar-refractivity contribution in [2.45, 2.75) is 135 Å². The van der Waals surface area contributed by atoms with Crippen molar-refractivity contribution in [3.8, 4) is 0 Å². The summed E-state index contributed by atoms with van der Waals surface area (Å²) in [7, 11) is 1.37. The average Bonchev–Trinajstić information content (AvgIpc) is 3.84. The predicted octanol–water partition coefficient (Wildman–Crippen LogP) is -1.97. The lowest BCUT2D eigenvalue weighted by Gasteiger charge is -2.48. The van der Waals surface area contributed by atoms with Gasteiger partial charge in [-0.1, -0.05) is 0 Å². The number of amides is 1. The van der Waals surface area contributed by atoms with Gasteiger partial charge in [-0.3, -0.25) is 43.2 Å². The van der Waals surface area contributed by atoms with Gasteiger partial charge in [-0.2, -0.15) is 0 Å². The van der Waals surface area contributed by atoms with Crippen molar-refractivity contribution in [3.05, 3.63) is 22.6 Å². The molecular formula is C41H51N3O23. The van der Waals surface area contributed by atoms with Crippen LogP contribution in [0.1, 0.15) is 55.4 Å². The average molecular weight is 954 g/mol. The summed E-state index contributed by atoms with van der Waals surface area (Å²) in [5, 5.41) is 3.24. The summed E-state index contributed by atoms with van der Waals surface area (Å²) < 4.78 is 74.5. The molecule has 6 aliphatic rings. The smallest absolute Gasteiger partial charge is 0.404 e. The van der Waals surface area contributed by atoms with Gasteiger partial charge in [0.1, 0.15) is 38.1 Å². The monoisotopic (exact) mass is 953 g/mol. The first-order valence-electron chi connectivity index (χ1n) is 20.8. The van der Waals surface area contributed by atoms with E-state index < -0.39 is 164 Å². The Morgan fingerprint density at radius 3 is 1.63 bits per heavy atom. The van der Waals surface area contributed by atoms with E-state index in [1.165, 1.54) is 14.0 Å². The molecule has 0 saturated carbocycles. The van der Waals surface area contributed by atoms with Gasteiger partial charge in [0.25, 0.3) is 0 Å². The molecule has 0 aromatic heterocycles. The number of nitrogens with two attached hydrogens (primary N) is 1. The van der Waals surface area contributed by atoms with Crippen LogP contribution in [0.3, 0.4) is 0 Å². The van der Waals surface area contributed by atoms with Crippen LogP contribution in [0.5, 0.6) is 0 Å². The first-order chi connectivity index (χ1) is 31.5. The highest BCUT2D eigenvalue weighted by Crippen LogP contribution is 2.56. The summed E-state index contributed by atoms with van der Waals surface area (Å²) in [5.41, 5.74) is 3.51. The number of methoxy groups -OCH3 is 1. The first kappa shape index (κ1) is 50.2. The number of primary amides is 1. The molecule has 4 fully saturated rings. The number of ether oxygens (including phenoxy) is 13. The maximum absolute atomic E-state index is 14.8. The largest absolute Gasteiger partial charge is 0.463 e. The number of piperazine rings is 1. The van der Waals surface area contributed by atoms with Crippen molar-refractivity contribution in [3.63, 3.8) is 0 Å². The number of carbonyl (C=O) groups excluding carboxylic acids is 10. The van der Waals surface area contributed by atoms with E-state index in [9.17, 15) is 47.9 Å². The van der Waals surface area contributed by atoms with E-state index in [0.717, 1.165) is 48.5 Å². The molecule has 1 aliphatic carbocycles. The Labute approximate surface area is 381 Å². The highest BCUT2D eigenvalue weighted by atomic mass is 16.8. The minimum Gasteiger partial charge on any atom is -0.463 e. The zero-order chi connectivity index (χ0) is 49.4. The number of nitrogens with one attached hydrogen (secondary N) is 1. The van der Waals surface area contributed by atoms with Crippen LogP contribution >= 0.6 is 0 Å². The van der Waals surface area contributed by atoms with E-state index >= 15 is 0 Å². The lowest BCUT2D eigenvalue weighted by atomic mass is 9.83. The molecule has 0 spiro atoms. The highest BCUT2D eigenvalue weighted by Gasteiger charge is 2.73. The Bertz CT molecular complexity index is 2160. The minimum atomic E-state index is -2.00. The number of Topliss-reactive ketones (excluding diaryl/α,β-unsaturated/α-hetero) is 2. The molecule has 1 amide bonds. The lowest BCUT2D eigenvalue weighted by Crippen LogP contribution is -2.67. The zero-order valence-corrected chi connectivity index (χ0v) is 37.7. The Hall–Kier alpha value is -6.22. The van der Waals surface area contributed by atoms with E-state index in [1.807, 2.05) is 0 Å². The molecule has 3 N–H and O–H groups in total. The van der Waals surface area contributed by atoms with E-state index in [-0.39, 0.29) is 29.4 Å². The van der Waals surface area contributed by atoms with E-state index in [0.29, 0.717) is 0 Å². The summed E-state index contributed by atoms with van der Waals surface area (Å²) in [6, 6.07) is -0.515. The van der Waals surface area contributed by atoms with Crippen LogP contribution in [0.2, 0.25) is 0 Å². The molecule has 0 aromatic rings. The maximum atomic E-state index is 14.8. The molecule has 0 aromatic carbocycles. The number of ketones is 2. The molecule has 6 rings (SSSR count). The van der Waals surface area contributed by atoms with Crippen molar-refractivity contribution in [2.75, 3.05) is 33.5 Å². The number of hydrogen-bond donors (Lipinski definition) is 2. The fraction of sp³-hybridized carbons (Fsp3) is 0.659. The van der Waals surface area contributed by atoms with Gasteiger partial charge in [0, 0.05) is 79.3 Å². The number of hydrogen-bond acceptors (Lipinski definition) is 25. The van der Waals surface area contributed by atoms with Crippen molar-refractivity contribution in [1.29, 1.82) is 0 Å². The predicted molar refractivity (Wildman–Crippen MR) is 210 cm³/mol. The third-order valence-corrected chi connectivity index (χ3v) is 11.5. The molecule has 14 atom stereocenters. The van der Waals surface area contributed by atoms with Crippen LogP contribution in [-0.4, -0.2) is 177 Å². The van der Waals surface area contributed by atoms with Crippen LogP contribution in [0.15, 0.2) is 22.6 Å². The Morgan fingerprint density at radius 1 is 0.642 bits per heavy atom. The van der Waals surface area contributed by atoms with E-state index in [1.54, 1.807) is 4.90 Å². The summed E-state index contributed by atoms with van der Waals surface area (Å²) in [5.74, 6) is -9.93. The number of fused-ring (bicyclic) bond motifs is 4. The molecule has 67 heavy (non-hydrogen) atoms. The van der Waals surface area contributed by atoms with Gasteiger partial charge in [-0.05, 0) is 6.92 Å². The third-order valence-electron chi connectivity index (χ3n) is 11.5. The van der Waals surface area contributed by atoms with E-state index in [2.05, 4.69) is 5.32 Å². The zero-order valence-electron chi connectivity index (χ0n) is 37.7. The van der Waals surface area contributed by atoms with E-state index in [4.69, 9.17) is 67.3 Å². The Balaban J connectivity index is 1.42. The third kappa shape index (κ3) is 10.2. The SMILES string of the molecule is CO[C@@]12[C@H](COC(N)=O)C3=C(C(=O)C(C)=C(O[C@@H]4O[C@H](COC(C)=O)[C@@H](O[C@@H]5O[C@H](COC(C)=O)[C@@H](OC(C)=O)[C@H](OC(C)=O)[C@H]5OC(C)=O)[C@H](OC(C)=O)[C@H]4OC(C)=O)C3=O)N1C[C@@H]1N[C@@H]12. The topological polar surface area (TPSA) is 342 Å². The number of rotatable bonds is 16. The molecule has 26 nitrogen and oxygen atoms in total. The molecule has 0 unspecified atom stereocenters. The fourth-order valence-corrected chi connectivity index (χ4v) is 9.09. The lowest BCUT2D eigenvalue weighted by molar-refractivity contribution is -0.358. The van der Waals surface area contributed by atoms with Crippen LogP contribution in [-0.2, 0) is 105 Å². The molecule has 5 heterocycles. The summed E-state index contributed by atoms with van der Waals surface area (Å²) in [6.45, 7) is 6.64. The quantitative estimate of drug-likeness (QED) is 0.0733. The van der Waals surface area contributed by atoms with Gasteiger partial charge in [0.15, 0.2) is 42.2 Å². The molecule has 0 bridgehead atoms. The number of carbonyl (C=O) groups is 10. The molecule has 5 aliphatic heterocycles. The number of allylic oxidation sites excluding steroid dienone is 2. The Morgan fingerprint density at radius 2 is 1.12 bits per heavy atom. The summed E-state index contributed by atoms with van der Waals surface area (Å²) in [4.78, 5) is 130. The van der Waals surface area contributed by atoms with Crippen LogP contribution < -0.4 is 11.1 Å². The van der Waals surface area contributed by atoms with Crippen molar-refractivity contribution < 1.29 is 110 Å². The van der Waals surface area contributed by atoms with Crippen molar-refractivity contribution >= 4 is 59.4 Å². The van der Waals surface area contributed by atoms with Crippen LogP contribution in [0.4, 0.5) is 4.79 Å². The normalized spacial score (nSPS) is 33.9. The highest BCUT2D eigenvalue weighted by molar-refractivity contribution is 6.25. The molecule has 4 saturated heterocycles.